The molecule has 0 saturated heterocycles. The predicted molar refractivity (Wildman–Crippen MR) is 104 cm³/mol. The smallest absolute Gasteiger partial charge is 0.282 e. The number of rotatable bonds is 5. The monoisotopic (exact) mass is 371 g/mol. The summed E-state index contributed by atoms with van der Waals surface area (Å²) in [4.78, 5) is 13.6. The molecule has 2 N–H and O–H groups in total. The van der Waals surface area contributed by atoms with Crippen LogP contribution < -0.4 is 10.2 Å². The fourth-order valence-corrected chi connectivity index (χ4v) is 3.09. The number of fused-ring (bicyclic) bond motifs is 1. The van der Waals surface area contributed by atoms with Crippen LogP contribution in [0, 0.1) is 5.82 Å². The van der Waals surface area contributed by atoms with E-state index >= 15 is 0 Å². The number of hydrogen-bond acceptors (Lipinski definition) is 1. The third-order valence-corrected chi connectivity index (χ3v) is 4.93. The number of carbonyl (C=O) groups is 1. The lowest BCUT2D eigenvalue weighted by Crippen LogP contribution is -3.12. The van der Waals surface area contributed by atoms with Crippen molar-refractivity contribution in [3.05, 3.63) is 77.1 Å². The Morgan fingerprint density at radius 3 is 2.58 bits per heavy atom. The van der Waals surface area contributed by atoms with Gasteiger partial charge in [0.1, 0.15) is 12.4 Å². The first-order chi connectivity index (χ1) is 12.4. The van der Waals surface area contributed by atoms with Gasteiger partial charge in [-0.15, -0.1) is 0 Å². The Kier molecular flexibility index (Phi) is 5.55. The van der Waals surface area contributed by atoms with Gasteiger partial charge < -0.3 is 10.2 Å². The highest BCUT2D eigenvalue weighted by Crippen LogP contribution is 2.22. The van der Waals surface area contributed by atoms with Crippen LogP contribution >= 0.6 is 11.6 Å². The van der Waals surface area contributed by atoms with E-state index in [2.05, 4.69) is 35.6 Å². The van der Waals surface area contributed by atoms with E-state index in [0.717, 1.165) is 11.4 Å². The fraction of sp³-hybridized carbons (Fsp3) is 0.190. The summed E-state index contributed by atoms with van der Waals surface area (Å²) < 4.78 is 13.1. The zero-order chi connectivity index (χ0) is 18.7. The quantitative estimate of drug-likeness (QED) is 0.705. The fourth-order valence-electron chi connectivity index (χ4n) is 2.88. The Hall–Kier alpha value is -2.43. The molecule has 2 atom stereocenters. The standard InChI is InChI=1S/C21H20ClFN2O/c1-14(21(26)24-20-10-9-18(23)12-19(20)22)25(2)13-15-7-8-16-5-3-4-6-17(16)11-15/h3-12,14H,13H2,1-2H3,(H,24,26)/p+1/t14-/m1/s1. The van der Waals surface area contributed by atoms with Crippen LogP contribution in [-0.2, 0) is 11.3 Å². The van der Waals surface area contributed by atoms with Crippen molar-refractivity contribution >= 4 is 34.0 Å². The molecule has 0 radical (unpaired) electrons. The van der Waals surface area contributed by atoms with E-state index in [1.807, 2.05) is 26.1 Å². The van der Waals surface area contributed by atoms with Gasteiger partial charge in [0.15, 0.2) is 6.04 Å². The molecule has 0 aromatic heterocycles. The second kappa shape index (κ2) is 7.85. The van der Waals surface area contributed by atoms with Crippen LogP contribution in [0.2, 0.25) is 5.02 Å². The Balaban J connectivity index is 1.67. The molecule has 0 aliphatic rings. The summed E-state index contributed by atoms with van der Waals surface area (Å²) in [5, 5.41) is 5.36. The highest BCUT2D eigenvalue weighted by Gasteiger charge is 2.22. The van der Waals surface area contributed by atoms with Crippen molar-refractivity contribution in [2.75, 3.05) is 12.4 Å². The number of benzene rings is 3. The molecule has 0 bridgehead atoms. The van der Waals surface area contributed by atoms with E-state index in [4.69, 9.17) is 11.6 Å². The number of quaternary nitrogens is 1. The lowest BCUT2D eigenvalue weighted by Gasteiger charge is -2.21. The van der Waals surface area contributed by atoms with Crippen molar-refractivity contribution in [2.45, 2.75) is 19.5 Å². The van der Waals surface area contributed by atoms with Crippen molar-refractivity contribution in [1.82, 2.24) is 0 Å². The zero-order valence-corrected chi connectivity index (χ0v) is 15.5. The van der Waals surface area contributed by atoms with E-state index in [1.54, 1.807) is 0 Å². The minimum Gasteiger partial charge on any atom is -0.324 e. The SMILES string of the molecule is C[C@H](C(=O)Nc1ccc(F)cc1Cl)[NH+](C)Cc1ccc2ccccc2c1. The molecule has 3 nitrogen and oxygen atoms in total. The first-order valence-electron chi connectivity index (χ1n) is 8.50. The topological polar surface area (TPSA) is 33.5 Å². The molecule has 0 spiro atoms. The maximum atomic E-state index is 13.1. The van der Waals surface area contributed by atoms with E-state index in [0.29, 0.717) is 5.69 Å². The van der Waals surface area contributed by atoms with Gasteiger partial charge in [-0.3, -0.25) is 4.79 Å². The minimum absolute atomic E-state index is 0.156. The van der Waals surface area contributed by atoms with Gasteiger partial charge in [-0.25, -0.2) is 4.39 Å². The number of halogens is 2. The molecule has 1 unspecified atom stereocenters. The van der Waals surface area contributed by atoms with Crippen molar-refractivity contribution < 1.29 is 14.1 Å². The predicted octanol–water partition coefficient (Wildman–Crippen LogP) is 3.67. The second-order valence-corrected chi connectivity index (χ2v) is 6.95. The number of anilines is 1. The third kappa shape index (κ3) is 4.21. The Morgan fingerprint density at radius 1 is 1.12 bits per heavy atom. The van der Waals surface area contributed by atoms with Gasteiger partial charge in [-0.1, -0.05) is 48.0 Å². The average Bonchev–Trinajstić information content (AvgIpc) is 2.63. The summed E-state index contributed by atoms with van der Waals surface area (Å²) in [6.07, 6.45) is 0. The number of nitrogens with one attached hydrogen (secondary N) is 2. The van der Waals surface area contributed by atoms with Crippen molar-refractivity contribution in [2.24, 2.45) is 0 Å². The normalized spacial score (nSPS) is 13.4. The van der Waals surface area contributed by atoms with Crippen LogP contribution in [0.1, 0.15) is 12.5 Å². The zero-order valence-electron chi connectivity index (χ0n) is 14.7. The summed E-state index contributed by atoms with van der Waals surface area (Å²) in [6, 6.07) is 18.2. The summed E-state index contributed by atoms with van der Waals surface area (Å²) in [5.74, 6) is -0.586. The molecule has 0 heterocycles. The third-order valence-electron chi connectivity index (χ3n) is 4.62. The first-order valence-corrected chi connectivity index (χ1v) is 8.88. The van der Waals surface area contributed by atoms with E-state index < -0.39 is 5.82 Å². The van der Waals surface area contributed by atoms with E-state index in [9.17, 15) is 9.18 Å². The molecular weight excluding hydrogens is 351 g/mol. The Labute approximate surface area is 157 Å². The summed E-state index contributed by atoms with van der Waals surface area (Å²) in [6.45, 7) is 2.58. The van der Waals surface area contributed by atoms with E-state index in [-0.39, 0.29) is 17.0 Å². The van der Waals surface area contributed by atoms with Gasteiger partial charge in [0, 0.05) is 5.56 Å². The highest BCUT2D eigenvalue weighted by molar-refractivity contribution is 6.33. The van der Waals surface area contributed by atoms with Crippen LogP contribution in [0.3, 0.4) is 0 Å². The van der Waals surface area contributed by atoms with Crippen LogP contribution in [0.15, 0.2) is 60.7 Å². The lowest BCUT2D eigenvalue weighted by atomic mass is 10.1. The molecule has 0 saturated carbocycles. The Morgan fingerprint density at radius 2 is 1.85 bits per heavy atom. The maximum absolute atomic E-state index is 13.1. The average molecular weight is 372 g/mol. The highest BCUT2D eigenvalue weighted by atomic mass is 35.5. The number of hydrogen-bond donors (Lipinski definition) is 2. The lowest BCUT2D eigenvalue weighted by molar-refractivity contribution is -0.907. The van der Waals surface area contributed by atoms with Gasteiger partial charge in [-0.05, 0) is 42.0 Å². The molecule has 134 valence electrons. The molecule has 0 aliphatic heterocycles. The largest absolute Gasteiger partial charge is 0.324 e. The van der Waals surface area contributed by atoms with Gasteiger partial charge in [0.25, 0.3) is 5.91 Å². The minimum atomic E-state index is -0.430. The van der Waals surface area contributed by atoms with Crippen molar-refractivity contribution in [3.8, 4) is 0 Å². The van der Waals surface area contributed by atoms with Crippen LogP contribution in [0.4, 0.5) is 10.1 Å². The number of likely N-dealkylation sites (N-methyl/N-ethyl adjacent to an activating group) is 1. The van der Waals surface area contributed by atoms with E-state index in [1.165, 1.54) is 34.5 Å². The molecule has 1 amide bonds. The van der Waals surface area contributed by atoms with Gasteiger partial charge in [0.05, 0.1) is 17.8 Å². The summed E-state index contributed by atoms with van der Waals surface area (Å²) in [5.41, 5.74) is 1.59. The van der Waals surface area contributed by atoms with Crippen molar-refractivity contribution in [3.63, 3.8) is 0 Å². The molecule has 5 heteroatoms. The Bertz CT molecular complexity index is 944. The summed E-state index contributed by atoms with van der Waals surface area (Å²) in [7, 11) is 1.98. The van der Waals surface area contributed by atoms with Crippen LogP contribution in [0.25, 0.3) is 10.8 Å². The molecule has 3 aromatic rings. The molecule has 0 aliphatic carbocycles. The van der Waals surface area contributed by atoms with Crippen LogP contribution in [0.5, 0.6) is 0 Å². The molecular formula is C21H21ClFN2O+. The maximum Gasteiger partial charge on any atom is 0.282 e. The van der Waals surface area contributed by atoms with Gasteiger partial charge in [-0.2, -0.15) is 0 Å². The summed E-state index contributed by atoms with van der Waals surface area (Å²) >= 11 is 5.98. The molecule has 3 rings (SSSR count). The number of amides is 1. The van der Waals surface area contributed by atoms with Crippen molar-refractivity contribution in [1.29, 1.82) is 0 Å². The second-order valence-electron chi connectivity index (χ2n) is 6.54. The number of carbonyl (C=O) groups excluding carboxylic acids is 1. The molecule has 3 aromatic carbocycles. The van der Waals surface area contributed by atoms with Gasteiger partial charge in [0.2, 0.25) is 0 Å². The molecule has 26 heavy (non-hydrogen) atoms. The van der Waals surface area contributed by atoms with Gasteiger partial charge >= 0.3 is 0 Å². The van der Waals surface area contributed by atoms with Crippen LogP contribution in [-0.4, -0.2) is 19.0 Å². The first kappa shape index (κ1) is 18.4. The molecule has 0 fully saturated rings.